The summed E-state index contributed by atoms with van der Waals surface area (Å²) in [5.74, 6) is -0.00523. The van der Waals surface area contributed by atoms with Crippen LogP contribution in [0.5, 0.6) is 0 Å². The Morgan fingerprint density at radius 1 is 1.35 bits per heavy atom. The van der Waals surface area contributed by atoms with Gasteiger partial charge in [-0.1, -0.05) is 12.1 Å². The van der Waals surface area contributed by atoms with Gasteiger partial charge in [0.1, 0.15) is 0 Å². The molecule has 0 aromatic heterocycles. The van der Waals surface area contributed by atoms with Crippen molar-refractivity contribution >= 4 is 11.6 Å². The monoisotopic (exact) mass is 278 g/mol. The number of amides is 1. The smallest absolute Gasteiger partial charge is 0.269 e. The molecule has 1 saturated heterocycles. The van der Waals surface area contributed by atoms with Gasteiger partial charge in [0, 0.05) is 25.2 Å². The predicted molar refractivity (Wildman–Crippen MR) is 73.2 cm³/mol. The van der Waals surface area contributed by atoms with Crippen LogP contribution in [0, 0.1) is 10.1 Å². The maximum Gasteiger partial charge on any atom is 0.269 e. The van der Waals surface area contributed by atoms with Crippen LogP contribution in [0.25, 0.3) is 0 Å². The summed E-state index contributed by atoms with van der Waals surface area (Å²) >= 11 is 0. The normalized spacial score (nSPS) is 17.8. The van der Waals surface area contributed by atoms with Crippen LogP contribution >= 0.6 is 0 Å². The standard InChI is InChI=1S/C14H18N2O4/c1-14(18)6-8-15(9-7-14)13(17)10-11-2-4-12(5-3-11)16(19)20/h2-5,18H,6-10H2,1H3. The van der Waals surface area contributed by atoms with Gasteiger partial charge in [-0.15, -0.1) is 0 Å². The number of nitrogens with zero attached hydrogens (tertiary/aromatic N) is 2. The molecule has 0 bridgehead atoms. The lowest BCUT2D eigenvalue weighted by Crippen LogP contribution is -2.45. The van der Waals surface area contributed by atoms with Gasteiger partial charge in [0.2, 0.25) is 5.91 Å². The SMILES string of the molecule is CC1(O)CCN(C(=O)Cc2ccc([N+](=O)[O-])cc2)CC1. The Balaban J connectivity index is 1.93. The number of likely N-dealkylation sites (tertiary alicyclic amines) is 1. The van der Waals surface area contributed by atoms with Gasteiger partial charge in [0.25, 0.3) is 5.69 Å². The molecule has 2 rings (SSSR count). The van der Waals surface area contributed by atoms with Crippen LogP contribution in [0.2, 0.25) is 0 Å². The Hall–Kier alpha value is -1.95. The molecule has 1 N–H and O–H groups in total. The molecule has 0 radical (unpaired) electrons. The first-order valence-electron chi connectivity index (χ1n) is 6.61. The van der Waals surface area contributed by atoms with Crippen LogP contribution in [-0.2, 0) is 11.2 Å². The van der Waals surface area contributed by atoms with E-state index < -0.39 is 10.5 Å². The Morgan fingerprint density at radius 3 is 2.40 bits per heavy atom. The molecule has 6 heteroatoms. The summed E-state index contributed by atoms with van der Waals surface area (Å²) in [6.07, 6.45) is 1.40. The highest BCUT2D eigenvalue weighted by molar-refractivity contribution is 5.79. The minimum absolute atomic E-state index is 0.00523. The lowest BCUT2D eigenvalue weighted by atomic mass is 9.93. The van der Waals surface area contributed by atoms with E-state index in [0.717, 1.165) is 5.56 Å². The fourth-order valence-corrected chi connectivity index (χ4v) is 2.26. The molecule has 1 aromatic rings. The first-order valence-corrected chi connectivity index (χ1v) is 6.61. The van der Waals surface area contributed by atoms with Crippen LogP contribution in [-0.4, -0.2) is 39.5 Å². The number of hydrogen-bond donors (Lipinski definition) is 1. The number of rotatable bonds is 3. The molecule has 1 aliphatic heterocycles. The Kier molecular flexibility index (Phi) is 4.04. The second-order valence-corrected chi connectivity index (χ2v) is 5.48. The third-order valence-electron chi connectivity index (χ3n) is 3.70. The third-order valence-corrected chi connectivity index (χ3v) is 3.70. The zero-order valence-corrected chi connectivity index (χ0v) is 11.4. The van der Waals surface area contributed by atoms with Crippen molar-refractivity contribution in [1.29, 1.82) is 0 Å². The molecule has 0 spiro atoms. The van der Waals surface area contributed by atoms with E-state index >= 15 is 0 Å². The lowest BCUT2D eigenvalue weighted by molar-refractivity contribution is -0.384. The van der Waals surface area contributed by atoms with E-state index in [4.69, 9.17) is 0 Å². The minimum atomic E-state index is -0.676. The number of aliphatic hydroxyl groups is 1. The highest BCUT2D eigenvalue weighted by atomic mass is 16.6. The molecular formula is C14H18N2O4. The zero-order valence-electron chi connectivity index (χ0n) is 11.4. The molecule has 6 nitrogen and oxygen atoms in total. The largest absolute Gasteiger partial charge is 0.390 e. The zero-order chi connectivity index (χ0) is 14.8. The van der Waals surface area contributed by atoms with E-state index in [1.807, 2.05) is 0 Å². The summed E-state index contributed by atoms with van der Waals surface area (Å²) < 4.78 is 0. The van der Waals surface area contributed by atoms with E-state index in [1.54, 1.807) is 24.0 Å². The van der Waals surface area contributed by atoms with Crippen molar-refractivity contribution in [1.82, 2.24) is 4.90 Å². The van der Waals surface area contributed by atoms with Crippen LogP contribution in [0.4, 0.5) is 5.69 Å². The molecule has 0 atom stereocenters. The van der Waals surface area contributed by atoms with Gasteiger partial charge in [-0.05, 0) is 25.3 Å². The van der Waals surface area contributed by atoms with E-state index in [1.165, 1.54) is 12.1 Å². The number of carbonyl (C=O) groups excluding carboxylic acids is 1. The highest BCUT2D eigenvalue weighted by Crippen LogP contribution is 2.22. The van der Waals surface area contributed by atoms with E-state index in [9.17, 15) is 20.0 Å². The molecule has 0 saturated carbocycles. The van der Waals surface area contributed by atoms with E-state index in [2.05, 4.69) is 0 Å². The summed E-state index contributed by atoms with van der Waals surface area (Å²) in [7, 11) is 0. The second-order valence-electron chi connectivity index (χ2n) is 5.48. The molecule has 1 fully saturated rings. The fraction of sp³-hybridized carbons (Fsp3) is 0.500. The Bertz CT molecular complexity index is 500. The third kappa shape index (κ3) is 3.54. The second kappa shape index (κ2) is 5.58. The summed E-state index contributed by atoms with van der Waals surface area (Å²) in [6, 6.07) is 6.03. The Labute approximate surface area is 117 Å². The van der Waals surface area contributed by atoms with Crippen molar-refractivity contribution in [2.45, 2.75) is 31.8 Å². The fourth-order valence-electron chi connectivity index (χ4n) is 2.26. The van der Waals surface area contributed by atoms with Gasteiger partial charge in [-0.3, -0.25) is 14.9 Å². The minimum Gasteiger partial charge on any atom is -0.390 e. The van der Waals surface area contributed by atoms with Gasteiger partial charge < -0.3 is 10.0 Å². The topological polar surface area (TPSA) is 83.7 Å². The maximum atomic E-state index is 12.1. The van der Waals surface area contributed by atoms with Crippen molar-refractivity contribution in [3.05, 3.63) is 39.9 Å². The number of non-ortho nitro benzene ring substituents is 1. The molecule has 1 amide bonds. The number of piperidine rings is 1. The number of nitro benzene ring substituents is 1. The number of carbonyl (C=O) groups is 1. The predicted octanol–water partition coefficient (Wildman–Crippen LogP) is 1.51. The summed E-state index contributed by atoms with van der Waals surface area (Å²) in [5.41, 5.74) is 0.109. The van der Waals surface area contributed by atoms with Crippen molar-refractivity contribution in [3.8, 4) is 0 Å². The number of hydrogen-bond acceptors (Lipinski definition) is 4. The van der Waals surface area contributed by atoms with Gasteiger partial charge in [0.15, 0.2) is 0 Å². The van der Waals surface area contributed by atoms with Crippen molar-refractivity contribution in [2.75, 3.05) is 13.1 Å². The Morgan fingerprint density at radius 2 is 1.90 bits per heavy atom. The molecule has 1 aliphatic rings. The lowest BCUT2D eigenvalue weighted by Gasteiger charge is -2.35. The molecule has 0 aliphatic carbocycles. The quantitative estimate of drug-likeness (QED) is 0.671. The highest BCUT2D eigenvalue weighted by Gasteiger charge is 2.29. The average Bonchev–Trinajstić information content (AvgIpc) is 2.39. The first-order chi connectivity index (χ1) is 9.37. The van der Waals surface area contributed by atoms with E-state index in [0.29, 0.717) is 25.9 Å². The molecule has 108 valence electrons. The van der Waals surface area contributed by atoms with E-state index in [-0.39, 0.29) is 18.0 Å². The molecule has 1 heterocycles. The first kappa shape index (κ1) is 14.5. The molecule has 20 heavy (non-hydrogen) atoms. The van der Waals surface area contributed by atoms with Gasteiger partial charge in [0.05, 0.1) is 16.9 Å². The van der Waals surface area contributed by atoms with Crippen molar-refractivity contribution in [3.63, 3.8) is 0 Å². The van der Waals surface area contributed by atoms with Crippen LogP contribution < -0.4 is 0 Å². The molecule has 0 unspecified atom stereocenters. The summed E-state index contributed by atoms with van der Waals surface area (Å²) in [5, 5.41) is 20.4. The summed E-state index contributed by atoms with van der Waals surface area (Å²) in [6.45, 7) is 2.89. The van der Waals surface area contributed by atoms with Gasteiger partial charge >= 0.3 is 0 Å². The molecular weight excluding hydrogens is 260 g/mol. The van der Waals surface area contributed by atoms with Gasteiger partial charge in [-0.2, -0.15) is 0 Å². The van der Waals surface area contributed by atoms with Gasteiger partial charge in [-0.25, -0.2) is 0 Å². The van der Waals surface area contributed by atoms with Crippen molar-refractivity contribution in [2.24, 2.45) is 0 Å². The van der Waals surface area contributed by atoms with Crippen LogP contribution in [0.1, 0.15) is 25.3 Å². The summed E-state index contributed by atoms with van der Waals surface area (Å²) in [4.78, 5) is 23.9. The number of nitro groups is 1. The van der Waals surface area contributed by atoms with Crippen LogP contribution in [0.15, 0.2) is 24.3 Å². The van der Waals surface area contributed by atoms with Crippen molar-refractivity contribution < 1.29 is 14.8 Å². The maximum absolute atomic E-state index is 12.1. The average molecular weight is 278 g/mol. The van der Waals surface area contributed by atoms with Crippen LogP contribution in [0.3, 0.4) is 0 Å². The molecule has 1 aromatic carbocycles. The number of benzene rings is 1.